The number of thioether (sulfide) groups is 1. The number of hydrogen-bond acceptors (Lipinski definition) is 3. The van der Waals surface area contributed by atoms with Gasteiger partial charge in [0.2, 0.25) is 0 Å². The summed E-state index contributed by atoms with van der Waals surface area (Å²) in [6.45, 7) is 10.8. The van der Waals surface area contributed by atoms with Gasteiger partial charge in [-0.3, -0.25) is 0 Å². The molecule has 2 atom stereocenters. The molecule has 0 spiro atoms. The lowest BCUT2D eigenvalue weighted by Crippen LogP contribution is -2.44. The molecule has 0 saturated carbocycles. The third-order valence-corrected chi connectivity index (χ3v) is 4.73. The molecule has 3 heteroatoms. The van der Waals surface area contributed by atoms with Crippen LogP contribution >= 0.6 is 11.8 Å². The van der Waals surface area contributed by atoms with Crippen LogP contribution in [0.4, 0.5) is 0 Å². The van der Waals surface area contributed by atoms with E-state index in [2.05, 4.69) is 37.2 Å². The van der Waals surface area contributed by atoms with Gasteiger partial charge in [-0.05, 0) is 70.7 Å². The van der Waals surface area contributed by atoms with Gasteiger partial charge in [0.15, 0.2) is 0 Å². The number of nitrogens with one attached hydrogen (secondary N) is 1. The molecule has 17 heavy (non-hydrogen) atoms. The molecule has 1 heterocycles. The second-order valence-electron chi connectivity index (χ2n) is 5.41. The summed E-state index contributed by atoms with van der Waals surface area (Å²) in [6, 6.07) is 1.35. The molecular weight excluding hydrogens is 228 g/mol. The van der Waals surface area contributed by atoms with Gasteiger partial charge in [-0.15, -0.1) is 0 Å². The van der Waals surface area contributed by atoms with Crippen LogP contribution in [0.2, 0.25) is 0 Å². The topological polar surface area (TPSA) is 15.3 Å². The molecule has 0 aromatic heterocycles. The summed E-state index contributed by atoms with van der Waals surface area (Å²) < 4.78 is 0. The van der Waals surface area contributed by atoms with Gasteiger partial charge in [0.25, 0.3) is 0 Å². The summed E-state index contributed by atoms with van der Waals surface area (Å²) in [4.78, 5) is 2.57. The fourth-order valence-electron chi connectivity index (χ4n) is 2.73. The van der Waals surface area contributed by atoms with Crippen LogP contribution in [0.25, 0.3) is 0 Å². The van der Waals surface area contributed by atoms with E-state index in [1.807, 2.05) is 11.8 Å². The lowest BCUT2D eigenvalue weighted by molar-refractivity contribution is 0.165. The molecular formula is C14H30N2S. The monoisotopic (exact) mass is 258 g/mol. The Morgan fingerprint density at radius 1 is 1.29 bits per heavy atom. The fraction of sp³-hybridized carbons (Fsp3) is 1.00. The third kappa shape index (κ3) is 5.62. The van der Waals surface area contributed by atoms with Crippen molar-refractivity contribution in [2.75, 3.05) is 31.6 Å². The molecule has 0 bridgehead atoms. The Labute approximate surface area is 112 Å². The van der Waals surface area contributed by atoms with E-state index in [1.165, 1.54) is 44.6 Å². The van der Waals surface area contributed by atoms with Crippen molar-refractivity contribution in [3.8, 4) is 0 Å². The van der Waals surface area contributed by atoms with Gasteiger partial charge in [-0.2, -0.15) is 11.8 Å². The Balaban J connectivity index is 2.21. The summed E-state index contributed by atoms with van der Waals surface area (Å²) in [5.41, 5.74) is 0. The molecule has 1 fully saturated rings. The van der Waals surface area contributed by atoms with Gasteiger partial charge >= 0.3 is 0 Å². The SMILES string of the molecule is CCN1CCC(C(C)NC(C)CCSC)CC1. The first-order valence-corrected chi connectivity index (χ1v) is 8.54. The lowest BCUT2D eigenvalue weighted by Gasteiger charge is -2.35. The highest BCUT2D eigenvalue weighted by molar-refractivity contribution is 7.98. The first-order chi connectivity index (χ1) is 8.17. The maximum absolute atomic E-state index is 3.79. The summed E-state index contributed by atoms with van der Waals surface area (Å²) >= 11 is 1.95. The molecule has 1 aliphatic rings. The van der Waals surface area contributed by atoms with Crippen LogP contribution in [-0.4, -0.2) is 48.6 Å². The van der Waals surface area contributed by atoms with E-state index in [0.717, 1.165) is 5.92 Å². The minimum absolute atomic E-state index is 0.668. The molecule has 1 rings (SSSR count). The minimum Gasteiger partial charge on any atom is -0.311 e. The maximum atomic E-state index is 3.79. The largest absolute Gasteiger partial charge is 0.311 e. The summed E-state index contributed by atoms with van der Waals surface area (Å²) in [7, 11) is 0. The average Bonchev–Trinajstić information content (AvgIpc) is 2.36. The highest BCUT2D eigenvalue weighted by Crippen LogP contribution is 2.20. The lowest BCUT2D eigenvalue weighted by atomic mass is 9.90. The van der Waals surface area contributed by atoms with Crippen molar-refractivity contribution in [1.82, 2.24) is 10.2 Å². The summed E-state index contributed by atoms with van der Waals surface area (Å²) in [6.07, 6.45) is 6.23. The molecule has 1 N–H and O–H groups in total. The summed E-state index contributed by atoms with van der Waals surface area (Å²) in [5.74, 6) is 2.16. The first kappa shape index (κ1) is 15.3. The van der Waals surface area contributed by atoms with E-state index < -0.39 is 0 Å². The van der Waals surface area contributed by atoms with Crippen LogP contribution in [0, 0.1) is 5.92 Å². The van der Waals surface area contributed by atoms with Crippen molar-refractivity contribution >= 4 is 11.8 Å². The van der Waals surface area contributed by atoms with Crippen LogP contribution < -0.4 is 5.32 Å². The zero-order valence-electron chi connectivity index (χ0n) is 12.0. The first-order valence-electron chi connectivity index (χ1n) is 7.14. The van der Waals surface area contributed by atoms with Gasteiger partial charge in [0, 0.05) is 12.1 Å². The van der Waals surface area contributed by atoms with Crippen molar-refractivity contribution in [2.45, 2.75) is 52.1 Å². The van der Waals surface area contributed by atoms with E-state index >= 15 is 0 Å². The van der Waals surface area contributed by atoms with Crippen molar-refractivity contribution in [2.24, 2.45) is 5.92 Å². The standard InChI is InChI=1S/C14H30N2S/c1-5-16-9-6-14(7-10-16)13(3)15-12(2)8-11-17-4/h12-15H,5-11H2,1-4H3. The molecule has 102 valence electrons. The Hall–Kier alpha value is 0.270. The van der Waals surface area contributed by atoms with Crippen molar-refractivity contribution in [3.63, 3.8) is 0 Å². The van der Waals surface area contributed by atoms with Crippen LogP contribution in [0.1, 0.15) is 40.0 Å². The zero-order chi connectivity index (χ0) is 12.7. The van der Waals surface area contributed by atoms with E-state index in [-0.39, 0.29) is 0 Å². The Morgan fingerprint density at radius 3 is 2.47 bits per heavy atom. The van der Waals surface area contributed by atoms with Gasteiger partial charge in [0.05, 0.1) is 0 Å². The molecule has 1 saturated heterocycles. The number of likely N-dealkylation sites (tertiary alicyclic amines) is 1. The second-order valence-corrected chi connectivity index (χ2v) is 6.40. The van der Waals surface area contributed by atoms with Crippen molar-refractivity contribution in [3.05, 3.63) is 0 Å². The molecule has 0 aromatic carbocycles. The Kier molecular flexibility index (Phi) is 7.56. The smallest absolute Gasteiger partial charge is 0.00704 e. The predicted molar refractivity (Wildman–Crippen MR) is 79.9 cm³/mol. The molecule has 2 nitrogen and oxygen atoms in total. The minimum atomic E-state index is 0.668. The number of piperidine rings is 1. The molecule has 0 amide bonds. The number of rotatable bonds is 7. The normalized spacial score (nSPS) is 22.6. The van der Waals surface area contributed by atoms with E-state index in [1.54, 1.807) is 0 Å². The fourth-order valence-corrected chi connectivity index (χ4v) is 3.32. The number of nitrogens with zero attached hydrogens (tertiary/aromatic N) is 1. The van der Waals surface area contributed by atoms with Crippen LogP contribution in [0.3, 0.4) is 0 Å². The summed E-state index contributed by atoms with van der Waals surface area (Å²) in [5, 5.41) is 3.79. The van der Waals surface area contributed by atoms with Crippen LogP contribution in [0.5, 0.6) is 0 Å². The van der Waals surface area contributed by atoms with Crippen LogP contribution in [-0.2, 0) is 0 Å². The van der Waals surface area contributed by atoms with E-state index in [9.17, 15) is 0 Å². The zero-order valence-corrected chi connectivity index (χ0v) is 12.9. The highest BCUT2D eigenvalue weighted by Gasteiger charge is 2.23. The second kappa shape index (κ2) is 8.39. The van der Waals surface area contributed by atoms with Crippen molar-refractivity contribution < 1.29 is 0 Å². The highest BCUT2D eigenvalue weighted by atomic mass is 32.2. The third-order valence-electron chi connectivity index (χ3n) is 4.09. The average molecular weight is 258 g/mol. The maximum Gasteiger partial charge on any atom is 0.00704 e. The Morgan fingerprint density at radius 2 is 1.94 bits per heavy atom. The van der Waals surface area contributed by atoms with Gasteiger partial charge < -0.3 is 10.2 Å². The Bertz CT molecular complexity index is 191. The molecule has 1 aliphatic heterocycles. The van der Waals surface area contributed by atoms with E-state index in [0.29, 0.717) is 12.1 Å². The molecule has 0 radical (unpaired) electrons. The van der Waals surface area contributed by atoms with Crippen molar-refractivity contribution in [1.29, 1.82) is 0 Å². The molecule has 0 aliphatic carbocycles. The quantitative estimate of drug-likeness (QED) is 0.756. The van der Waals surface area contributed by atoms with E-state index in [4.69, 9.17) is 0 Å². The van der Waals surface area contributed by atoms with Gasteiger partial charge in [-0.25, -0.2) is 0 Å². The van der Waals surface area contributed by atoms with Gasteiger partial charge in [0.1, 0.15) is 0 Å². The predicted octanol–water partition coefficient (Wildman–Crippen LogP) is 2.84. The molecule has 0 aromatic rings. The molecule has 2 unspecified atom stereocenters. The van der Waals surface area contributed by atoms with Gasteiger partial charge in [-0.1, -0.05) is 6.92 Å². The number of hydrogen-bond donors (Lipinski definition) is 1. The van der Waals surface area contributed by atoms with Crippen LogP contribution in [0.15, 0.2) is 0 Å².